The number of benzene rings is 3. The third kappa shape index (κ3) is 6.30. The van der Waals surface area contributed by atoms with Crippen LogP contribution in [0, 0.1) is 19.1 Å². The minimum absolute atomic E-state index is 0. The number of aryl methyl sites for hydroxylation is 1. The van der Waals surface area contributed by atoms with Crippen molar-refractivity contribution in [1.82, 2.24) is 0 Å². The molecule has 3 heteroatoms. The van der Waals surface area contributed by atoms with Crippen molar-refractivity contribution in [3.05, 3.63) is 84.1 Å². The van der Waals surface area contributed by atoms with Crippen molar-refractivity contribution in [2.75, 3.05) is 0 Å². The van der Waals surface area contributed by atoms with E-state index in [2.05, 4.69) is 55.5 Å². The normalized spacial score (nSPS) is 10.4. The Kier molecular flexibility index (Phi) is 8.27. The number of carbonyl (C=O) groups is 1. The largest absolute Gasteiger partial charge is 0.512 e. The maximum Gasteiger partial charge on any atom is 0.155 e. The van der Waals surface area contributed by atoms with Gasteiger partial charge in [0.1, 0.15) is 0 Å². The first-order valence-electron chi connectivity index (χ1n) is 7.74. The quantitative estimate of drug-likeness (QED) is 0.284. The zero-order valence-electron chi connectivity index (χ0n) is 14.5. The van der Waals surface area contributed by atoms with Gasteiger partial charge in [0.15, 0.2) is 5.78 Å². The minimum Gasteiger partial charge on any atom is -0.512 e. The monoisotopic (exact) mass is 509 g/mol. The van der Waals surface area contributed by atoms with Gasteiger partial charge in [0.2, 0.25) is 0 Å². The predicted molar refractivity (Wildman–Crippen MR) is 98.9 cm³/mol. The van der Waals surface area contributed by atoms with Crippen molar-refractivity contribution in [3.8, 4) is 11.1 Å². The van der Waals surface area contributed by atoms with Crippen molar-refractivity contribution in [2.45, 2.75) is 20.8 Å². The molecular formula is C22H20IrO2-2. The maximum absolute atomic E-state index is 10.0. The first-order chi connectivity index (χ1) is 11.5. The Balaban J connectivity index is 0.000000339. The molecule has 1 N–H and O–H groups in total. The van der Waals surface area contributed by atoms with Crippen LogP contribution in [0.4, 0.5) is 0 Å². The number of ketones is 1. The number of fused-ring (bicyclic) bond motifs is 1. The Hall–Kier alpha value is -2.22. The first kappa shape index (κ1) is 20.8. The molecule has 0 aliphatic carbocycles. The van der Waals surface area contributed by atoms with Crippen LogP contribution in [0.3, 0.4) is 0 Å². The van der Waals surface area contributed by atoms with Crippen LogP contribution >= 0.6 is 0 Å². The number of rotatable bonds is 2. The zero-order valence-corrected chi connectivity index (χ0v) is 16.9. The van der Waals surface area contributed by atoms with Gasteiger partial charge in [-0.05, 0) is 13.8 Å². The average molecular weight is 509 g/mol. The fraction of sp³-hybridized carbons (Fsp3) is 0.136. The van der Waals surface area contributed by atoms with E-state index in [9.17, 15) is 4.79 Å². The number of aliphatic hydroxyl groups is 1. The van der Waals surface area contributed by atoms with Crippen LogP contribution in [0.5, 0.6) is 0 Å². The smallest absolute Gasteiger partial charge is 0.155 e. The van der Waals surface area contributed by atoms with E-state index in [1.54, 1.807) is 0 Å². The molecular weight excluding hydrogens is 488 g/mol. The molecule has 131 valence electrons. The molecule has 3 rings (SSSR count). The fourth-order valence-electron chi connectivity index (χ4n) is 2.41. The molecule has 0 spiro atoms. The molecule has 0 atom stereocenters. The molecule has 0 bridgehead atoms. The summed E-state index contributed by atoms with van der Waals surface area (Å²) in [6.07, 6.45) is 1.17. The number of aliphatic hydroxyl groups excluding tert-OH is 1. The molecule has 0 aromatic heterocycles. The van der Waals surface area contributed by atoms with Crippen molar-refractivity contribution in [1.29, 1.82) is 0 Å². The summed E-state index contributed by atoms with van der Waals surface area (Å²) >= 11 is 0. The Bertz CT molecular complexity index is 864. The average Bonchev–Trinajstić information content (AvgIpc) is 2.55. The summed E-state index contributed by atoms with van der Waals surface area (Å²) in [7, 11) is 0. The van der Waals surface area contributed by atoms with Gasteiger partial charge in [0.25, 0.3) is 0 Å². The third-order valence-electron chi connectivity index (χ3n) is 3.39. The van der Waals surface area contributed by atoms with Gasteiger partial charge in [-0.1, -0.05) is 30.5 Å². The fourth-order valence-corrected chi connectivity index (χ4v) is 2.41. The third-order valence-corrected chi connectivity index (χ3v) is 3.39. The predicted octanol–water partition coefficient (Wildman–Crippen LogP) is 5.45. The number of hydrogen-bond donors (Lipinski definition) is 1. The van der Waals surface area contributed by atoms with E-state index in [1.165, 1.54) is 36.3 Å². The van der Waals surface area contributed by atoms with Crippen molar-refractivity contribution >= 4 is 16.6 Å². The first-order valence-corrected chi connectivity index (χ1v) is 7.74. The Morgan fingerprint density at radius 1 is 1.04 bits per heavy atom. The van der Waals surface area contributed by atoms with E-state index in [4.69, 9.17) is 5.11 Å². The number of allylic oxidation sites excluding steroid dienone is 2. The van der Waals surface area contributed by atoms with Crippen LogP contribution in [0.15, 0.2) is 66.4 Å². The van der Waals surface area contributed by atoms with Crippen molar-refractivity contribution in [2.24, 2.45) is 0 Å². The Morgan fingerprint density at radius 2 is 1.72 bits per heavy atom. The van der Waals surface area contributed by atoms with Crippen LogP contribution in [-0.4, -0.2) is 10.9 Å². The van der Waals surface area contributed by atoms with Crippen LogP contribution in [0.25, 0.3) is 21.9 Å². The second-order valence-corrected chi connectivity index (χ2v) is 5.58. The minimum atomic E-state index is -0.125. The van der Waals surface area contributed by atoms with Crippen LogP contribution in [0.2, 0.25) is 0 Å². The zero-order chi connectivity index (χ0) is 17.5. The summed E-state index contributed by atoms with van der Waals surface area (Å²) in [6, 6.07) is 25.3. The van der Waals surface area contributed by atoms with Crippen molar-refractivity contribution < 1.29 is 30.0 Å². The van der Waals surface area contributed by atoms with E-state index in [0.717, 1.165) is 11.1 Å². The van der Waals surface area contributed by atoms with Crippen LogP contribution < -0.4 is 0 Å². The Morgan fingerprint density at radius 3 is 2.28 bits per heavy atom. The molecule has 0 saturated carbocycles. The van der Waals surface area contributed by atoms with Gasteiger partial charge in [-0.2, -0.15) is 42.0 Å². The summed E-state index contributed by atoms with van der Waals surface area (Å²) in [5.74, 6) is -0.0625. The summed E-state index contributed by atoms with van der Waals surface area (Å²) in [5, 5.41) is 10.8. The number of carbonyl (C=O) groups excluding carboxylic acids is 1. The van der Waals surface area contributed by atoms with Gasteiger partial charge in [0, 0.05) is 26.2 Å². The molecule has 2 nitrogen and oxygen atoms in total. The van der Waals surface area contributed by atoms with E-state index in [1.807, 2.05) is 18.2 Å². The molecule has 0 unspecified atom stereocenters. The molecule has 0 heterocycles. The van der Waals surface area contributed by atoms with E-state index < -0.39 is 0 Å². The molecule has 0 aliphatic heterocycles. The van der Waals surface area contributed by atoms with Gasteiger partial charge >= 0.3 is 0 Å². The molecule has 1 radical (unpaired) electrons. The molecule has 25 heavy (non-hydrogen) atoms. The van der Waals surface area contributed by atoms with Gasteiger partial charge < -0.3 is 5.11 Å². The molecule has 3 aromatic carbocycles. The van der Waals surface area contributed by atoms with Gasteiger partial charge in [-0.15, -0.1) is 23.1 Å². The second kappa shape index (κ2) is 9.93. The summed E-state index contributed by atoms with van der Waals surface area (Å²) < 4.78 is 0. The van der Waals surface area contributed by atoms with Crippen molar-refractivity contribution in [3.63, 3.8) is 0 Å². The topological polar surface area (TPSA) is 37.3 Å². The standard InChI is InChI=1S/C17H12.C5H8O2.Ir/c1-13-11-16(14-7-3-2-4-8-14)12-15-9-5-6-10-17(13)15;1-4(6)3-5(2)7;/h2-7,9-11H,1H3;3,6H,1-2H3;/q-2;;/b;4-3-;. The molecule has 0 aliphatic rings. The summed E-state index contributed by atoms with van der Waals surface area (Å²) in [6.45, 7) is 4.99. The summed E-state index contributed by atoms with van der Waals surface area (Å²) in [5.41, 5.74) is 3.50. The second-order valence-electron chi connectivity index (χ2n) is 5.58. The molecule has 0 fully saturated rings. The van der Waals surface area contributed by atoms with E-state index in [0.29, 0.717) is 0 Å². The SMILES string of the molecule is CC(=O)/C=C(/C)O.Cc1cc(-c2[c-]cccc2)[c-]c2ccccc12.[Ir]. The van der Waals surface area contributed by atoms with Crippen LogP contribution in [0.1, 0.15) is 19.4 Å². The van der Waals surface area contributed by atoms with Gasteiger partial charge in [0.05, 0.1) is 5.76 Å². The maximum atomic E-state index is 10.0. The Labute approximate surface area is 162 Å². The van der Waals surface area contributed by atoms with E-state index in [-0.39, 0.29) is 31.6 Å². The number of hydrogen-bond acceptors (Lipinski definition) is 2. The van der Waals surface area contributed by atoms with Gasteiger partial charge in [-0.3, -0.25) is 4.79 Å². The molecule has 3 aromatic rings. The van der Waals surface area contributed by atoms with Gasteiger partial charge in [-0.25, -0.2) is 5.56 Å². The van der Waals surface area contributed by atoms with E-state index >= 15 is 0 Å². The molecule has 0 amide bonds. The molecule has 0 saturated heterocycles. The summed E-state index contributed by atoms with van der Waals surface area (Å²) in [4.78, 5) is 10.0. The van der Waals surface area contributed by atoms with Crippen LogP contribution in [-0.2, 0) is 24.9 Å².